The molecule has 0 bridgehead atoms. The zero-order valence-corrected chi connectivity index (χ0v) is 9.33. The summed E-state index contributed by atoms with van der Waals surface area (Å²) in [6, 6.07) is 0. The van der Waals surface area contributed by atoms with E-state index in [0.29, 0.717) is 13.2 Å². The minimum atomic E-state index is -2.38. The van der Waals surface area contributed by atoms with E-state index in [0.717, 1.165) is 18.9 Å². The second kappa shape index (κ2) is 7.29. The molecule has 0 aromatic carbocycles. The van der Waals surface area contributed by atoms with Crippen LogP contribution < -0.4 is 5.32 Å². The van der Waals surface area contributed by atoms with Gasteiger partial charge in [0.25, 0.3) is 6.43 Å². The summed E-state index contributed by atoms with van der Waals surface area (Å²) in [5.74, 6) is 0.968. The average Bonchev–Trinajstić information content (AvgIpc) is 2.62. The highest BCUT2D eigenvalue weighted by atomic mass is 19.3. The Morgan fingerprint density at radius 3 is 2.94 bits per heavy atom. The van der Waals surface area contributed by atoms with Gasteiger partial charge in [-0.15, -0.1) is 0 Å². The molecule has 1 heterocycles. The number of aromatic nitrogens is 2. The Hall–Kier alpha value is -1.01. The molecule has 6 heteroatoms. The number of ether oxygens (including phenoxy) is 1. The molecule has 0 unspecified atom stereocenters. The van der Waals surface area contributed by atoms with Crippen molar-refractivity contribution in [3.8, 4) is 0 Å². The van der Waals surface area contributed by atoms with Gasteiger partial charge in [-0.3, -0.25) is 0 Å². The van der Waals surface area contributed by atoms with Crippen molar-refractivity contribution in [2.24, 2.45) is 0 Å². The van der Waals surface area contributed by atoms with E-state index in [9.17, 15) is 8.78 Å². The van der Waals surface area contributed by atoms with E-state index in [4.69, 9.17) is 4.74 Å². The molecule has 92 valence electrons. The summed E-state index contributed by atoms with van der Waals surface area (Å²) in [6.45, 7) is 3.94. The molecule has 0 radical (unpaired) electrons. The van der Waals surface area contributed by atoms with Crippen LogP contribution in [0.4, 0.5) is 8.78 Å². The Balaban J connectivity index is 1.94. The van der Waals surface area contributed by atoms with Crippen LogP contribution in [0.3, 0.4) is 0 Å². The highest BCUT2D eigenvalue weighted by Gasteiger charge is 2.00. The Kier molecular flexibility index (Phi) is 5.95. The summed E-state index contributed by atoms with van der Waals surface area (Å²) in [6.07, 6.45) is 1.28. The van der Waals surface area contributed by atoms with Crippen molar-refractivity contribution in [1.29, 1.82) is 0 Å². The molecule has 0 saturated carbocycles. The smallest absolute Gasteiger partial charge is 0.261 e. The first-order valence-electron chi connectivity index (χ1n) is 5.24. The van der Waals surface area contributed by atoms with Gasteiger partial charge in [0.2, 0.25) is 0 Å². The Labute approximate surface area is 93.6 Å². The molecule has 0 aliphatic heterocycles. The molecule has 0 atom stereocenters. The van der Waals surface area contributed by atoms with E-state index in [1.54, 1.807) is 6.20 Å². The summed E-state index contributed by atoms with van der Waals surface area (Å²) in [4.78, 5) is 4.09. The molecule has 0 aliphatic rings. The number of rotatable bonds is 8. The fraction of sp³-hybridized carbons (Fsp3) is 0.700. The molecule has 1 N–H and O–H groups in total. The molecule has 1 aromatic heterocycles. The predicted molar refractivity (Wildman–Crippen MR) is 56.7 cm³/mol. The maximum absolute atomic E-state index is 11.7. The first-order chi connectivity index (χ1) is 7.70. The number of alkyl halides is 2. The van der Waals surface area contributed by atoms with Gasteiger partial charge in [0.1, 0.15) is 12.4 Å². The van der Waals surface area contributed by atoms with Crippen LogP contribution in [-0.2, 0) is 11.3 Å². The number of nitrogens with one attached hydrogen (secondary N) is 1. The monoisotopic (exact) mass is 233 g/mol. The molecule has 0 fully saturated rings. The van der Waals surface area contributed by atoms with Crippen molar-refractivity contribution in [2.45, 2.75) is 19.9 Å². The largest absolute Gasteiger partial charge is 0.374 e. The third kappa shape index (κ3) is 5.18. The lowest BCUT2D eigenvalue weighted by molar-refractivity contribution is 0.0188. The van der Waals surface area contributed by atoms with Crippen LogP contribution in [0.1, 0.15) is 5.82 Å². The predicted octanol–water partition coefficient (Wildman–Crippen LogP) is 1.06. The van der Waals surface area contributed by atoms with Crippen molar-refractivity contribution >= 4 is 0 Å². The first-order valence-corrected chi connectivity index (χ1v) is 5.24. The third-order valence-corrected chi connectivity index (χ3v) is 2.12. The number of halogens is 2. The van der Waals surface area contributed by atoms with Crippen LogP contribution in [-0.4, -0.2) is 42.3 Å². The first kappa shape index (κ1) is 13.1. The molecule has 0 aliphatic carbocycles. The summed E-state index contributed by atoms with van der Waals surface area (Å²) in [5.41, 5.74) is 0. The van der Waals surface area contributed by atoms with Crippen molar-refractivity contribution in [1.82, 2.24) is 14.9 Å². The van der Waals surface area contributed by atoms with E-state index < -0.39 is 13.0 Å². The molecule has 0 saturated heterocycles. The van der Waals surface area contributed by atoms with Crippen molar-refractivity contribution in [2.75, 3.05) is 26.3 Å². The highest BCUT2D eigenvalue weighted by Crippen LogP contribution is 1.93. The lowest BCUT2D eigenvalue weighted by atomic mass is 10.5. The molecule has 0 amide bonds. The quantitative estimate of drug-likeness (QED) is 0.682. The summed E-state index contributed by atoms with van der Waals surface area (Å²) in [5, 5.41) is 3.11. The minimum Gasteiger partial charge on any atom is -0.374 e. The Bertz CT molecular complexity index is 291. The van der Waals surface area contributed by atoms with E-state index in [2.05, 4.69) is 10.3 Å². The number of nitrogens with zero attached hydrogens (tertiary/aromatic N) is 2. The van der Waals surface area contributed by atoms with Crippen LogP contribution in [0.2, 0.25) is 0 Å². The Morgan fingerprint density at radius 1 is 1.50 bits per heavy atom. The molecule has 1 aromatic rings. The van der Waals surface area contributed by atoms with Crippen molar-refractivity contribution < 1.29 is 13.5 Å². The van der Waals surface area contributed by atoms with Crippen molar-refractivity contribution in [3.63, 3.8) is 0 Å². The number of hydrogen-bond donors (Lipinski definition) is 1. The molecular weight excluding hydrogens is 216 g/mol. The molecule has 0 spiro atoms. The summed E-state index contributed by atoms with van der Waals surface area (Å²) < 4.78 is 30.1. The fourth-order valence-electron chi connectivity index (χ4n) is 1.28. The normalized spacial score (nSPS) is 11.2. The van der Waals surface area contributed by atoms with Gasteiger partial charge in [0.05, 0.1) is 6.61 Å². The maximum atomic E-state index is 11.7. The lowest BCUT2D eigenvalue weighted by Crippen LogP contribution is -2.25. The number of hydrogen-bond acceptors (Lipinski definition) is 3. The van der Waals surface area contributed by atoms with Crippen LogP contribution in [0.5, 0.6) is 0 Å². The van der Waals surface area contributed by atoms with Gasteiger partial charge >= 0.3 is 0 Å². The van der Waals surface area contributed by atoms with Gasteiger partial charge in [-0.25, -0.2) is 13.8 Å². The SMILES string of the molecule is Cc1nccn1CCNCCOCC(F)F. The van der Waals surface area contributed by atoms with E-state index in [1.807, 2.05) is 17.7 Å². The van der Waals surface area contributed by atoms with E-state index in [-0.39, 0.29) is 0 Å². The maximum Gasteiger partial charge on any atom is 0.261 e. The van der Waals surface area contributed by atoms with Gasteiger partial charge in [0.15, 0.2) is 0 Å². The number of aryl methyl sites for hydroxylation is 1. The van der Waals surface area contributed by atoms with Gasteiger partial charge < -0.3 is 14.6 Å². The van der Waals surface area contributed by atoms with Gasteiger partial charge in [-0.1, -0.05) is 0 Å². The second-order valence-electron chi connectivity index (χ2n) is 3.38. The minimum absolute atomic E-state index is 0.313. The van der Waals surface area contributed by atoms with Crippen LogP contribution in [0.25, 0.3) is 0 Å². The van der Waals surface area contributed by atoms with E-state index in [1.165, 1.54) is 0 Å². The van der Waals surface area contributed by atoms with E-state index >= 15 is 0 Å². The second-order valence-corrected chi connectivity index (χ2v) is 3.38. The third-order valence-electron chi connectivity index (χ3n) is 2.12. The summed E-state index contributed by atoms with van der Waals surface area (Å²) >= 11 is 0. The Morgan fingerprint density at radius 2 is 2.31 bits per heavy atom. The molecule has 1 rings (SSSR count). The standard InChI is InChI=1S/C10H17F2N3O/c1-9-14-3-6-15(9)5-2-13-4-7-16-8-10(11)12/h3,6,10,13H,2,4-5,7-8H2,1H3. The summed E-state index contributed by atoms with van der Waals surface area (Å²) in [7, 11) is 0. The van der Waals surface area contributed by atoms with Crippen molar-refractivity contribution in [3.05, 3.63) is 18.2 Å². The van der Waals surface area contributed by atoms with Gasteiger partial charge in [-0.05, 0) is 6.92 Å². The highest BCUT2D eigenvalue weighted by molar-refractivity contribution is 4.88. The molecular formula is C10H17F2N3O. The van der Waals surface area contributed by atoms with Crippen LogP contribution in [0.15, 0.2) is 12.4 Å². The lowest BCUT2D eigenvalue weighted by Gasteiger charge is -2.07. The topological polar surface area (TPSA) is 39.1 Å². The zero-order valence-electron chi connectivity index (χ0n) is 9.33. The van der Waals surface area contributed by atoms with Gasteiger partial charge in [0, 0.05) is 32.0 Å². The molecule has 4 nitrogen and oxygen atoms in total. The zero-order chi connectivity index (χ0) is 11.8. The van der Waals surface area contributed by atoms with Crippen LogP contribution >= 0.6 is 0 Å². The van der Waals surface area contributed by atoms with Crippen LogP contribution in [0, 0.1) is 6.92 Å². The average molecular weight is 233 g/mol. The molecule has 16 heavy (non-hydrogen) atoms. The van der Waals surface area contributed by atoms with Gasteiger partial charge in [-0.2, -0.15) is 0 Å². The fourth-order valence-corrected chi connectivity index (χ4v) is 1.28. The number of imidazole rings is 1.